The van der Waals surface area contributed by atoms with Crippen LogP contribution in [0.25, 0.3) is 6.08 Å². The summed E-state index contributed by atoms with van der Waals surface area (Å²) in [5, 5.41) is 18.2. The molecule has 0 saturated heterocycles. The van der Waals surface area contributed by atoms with Crippen LogP contribution in [-0.2, 0) is 0 Å². The zero-order chi connectivity index (χ0) is 15.8. The first-order valence-electron chi connectivity index (χ1n) is 7.07. The zero-order valence-electron chi connectivity index (χ0n) is 12.2. The van der Waals surface area contributed by atoms with Gasteiger partial charge in [-0.2, -0.15) is 0 Å². The third-order valence-electron chi connectivity index (χ3n) is 3.18. The van der Waals surface area contributed by atoms with Gasteiger partial charge in [-0.05, 0) is 36.4 Å². The van der Waals surface area contributed by atoms with Crippen molar-refractivity contribution in [3.05, 3.63) is 60.1 Å². The summed E-state index contributed by atoms with van der Waals surface area (Å²) in [5.41, 5.74) is 1.33. The van der Waals surface area contributed by atoms with Gasteiger partial charge in [-0.1, -0.05) is 12.1 Å². The molecule has 0 fully saturated rings. The van der Waals surface area contributed by atoms with E-state index in [2.05, 4.69) is 0 Å². The number of carbonyl (C=O) groups excluding carboxylic acids is 1. The maximum absolute atomic E-state index is 12.2. The number of aliphatic hydroxyl groups excluding tert-OH is 2. The Labute approximate surface area is 129 Å². The van der Waals surface area contributed by atoms with Gasteiger partial charge in [-0.25, -0.2) is 0 Å². The average Bonchev–Trinajstić information content (AvgIpc) is 3.06. The van der Waals surface area contributed by atoms with Gasteiger partial charge in [0.25, 0.3) is 0 Å². The van der Waals surface area contributed by atoms with E-state index in [1.807, 2.05) is 11.0 Å². The number of allylic oxidation sites excluding steroid dienone is 1. The second kappa shape index (κ2) is 8.17. The first kappa shape index (κ1) is 16.0. The van der Waals surface area contributed by atoms with E-state index in [0.717, 1.165) is 5.69 Å². The summed E-state index contributed by atoms with van der Waals surface area (Å²) >= 11 is 0. The van der Waals surface area contributed by atoms with Crippen molar-refractivity contribution < 1.29 is 19.4 Å². The Balaban J connectivity index is 2.14. The van der Waals surface area contributed by atoms with Crippen LogP contribution in [0.3, 0.4) is 0 Å². The van der Waals surface area contributed by atoms with E-state index in [9.17, 15) is 4.79 Å². The lowest BCUT2D eigenvalue weighted by molar-refractivity contribution is 0.104. The number of rotatable bonds is 8. The second-order valence-corrected chi connectivity index (χ2v) is 4.70. The Morgan fingerprint density at radius 2 is 1.91 bits per heavy atom. The molecule has 0 atom stereocenters. The molecular weight excluding hydrogens is 282 g/mol. The number of carbonyl (C=O) groups is 1. The van der Waals surface area contributed by atoms with Gasteiger partial charge in [0.05, 0.1) is 19.5 Å². The smallest absolute Gasteiger partial charge is 0.186 e. The maximum Gasteiger partial charge on any atom is 0.186 e. The maximum atomic E-state index is 12.2. The Morgan fingerprint density at radius 1 is 1.14 bits per heavy atom. The Morgan fingerprint density at radius 3 is 2.55 bits per heavy atom. The molecule has 0 saturated carbocycles. The molecule has 2 aromatic rings. The highest BCUT2D eigenvalue weighted by Crippen LogP contribution is 2.17. The largest absolute Gasteiger partial charge is 0.465 e. The third kappa shape index (κ3) is 4.31. The van der Waals surface area contributed by atoms with Gasteiger partial charge in [-0.3, -0.25) is 4.79 Å². The van der Waals surface area contributed by atoms with Crippen LogP contribution in [0, 0.1) is 0 Å². The third-order valence-corrected chi connectivity index (χ3v) is 3.18. The Bertz CT molecular complexity index is 613. The summed E-state index contributed by atoms with van der Waals surface area (Å²) in [5.74, 6) is 0.484. The van der Waals surface area contributed by atoms with Gasteiger partial charge in [-0.15, -0.1) is 0 Å². The SMILES string of the molecule is O=C(/C=C/c1ccco1)c1cccc(N(CCO)CCO)c1. The van der Waals surface area contributed by atoms with Crippen molar-refractivity contribution in [1.82, 2.24) is 0 Å². The van der Waals surface area contributed by atoms with Crippen LogP contribution < -0.4 is 4.90 Å². The number of aliphatic hydroxyl groups is 2. The molecule has 0 bridgehead atoms. The monoisotopic (exact) mass is 301 g/mol. The van der Waals surface area contributed by atoms with Gasteiger partial charge in [0.1, 0.15) is 5.76 Å². The highest BCUT2D eigenvalue weighted by Gasteiger charge is 2.08. The fourth-order valence-corrected chi connectivity index (χ4v) is 2.11. The van der Waals surface area contributed by atoms with Crippen LogP contribution in [0.15, 0.2) is 53.2 Å². The highest BCUT2D eigenvalue weighted by atomic mass is 16.3. The number of benzene rings is 1. The van der Waals surface area contributed by atoms with E-state index in [-0.39, 0.29) is 19.0 Å². The first-order valence-corrected chi connectivity index (χ1v) is 7.07. The molecule has 116 valence electrons. The summed E-state index contributed by atoms with van der Waals surface area (Å²) in [7, 11) is 0. The molecule has 0 unspecified atom stereocenters. The Hall–Kier alpha value is -2.37. The van der Waals surface area contributed by atoms with Crippen molar-refractivity contribution in [2.75, 3.05) is 31.2 Å². The number of anilines is 1. The van der Waals surface area contributed by atoms with Crippen molar-refractivity contribution in [3.63, 3.8) is 0 Å². The van der Waals surface area contributed by atoms with E-state index < -0.39 is 0 Å². The zero-order valence-corrected chi connectivity index (χ0v) is 12.2. The van der Waals surface area contributed by atoms with E-state index >= 15 is 0 Å². The van der Waals surface area contributed by atoms with Gasteiger partial charge < -0.3 is 19.5 Å². The molecule has 5 heteroatoms. The van der Waals surface area contributed by atoms with Crippen LogP contribution in [0.1, 0.15) is 16.1 Å². The molecular formula is C17H19NO4. The molecule has 0 radical (unpaired) electrons. The van der Waals surface area contributed by atoms with Crippen LogP contribution in [0.2, 0.25) is 0 Å². The average molecular weight is 301 g/mol. The standard InChI is InChI=1S/C17H19NO4/c19-10-8-18(9-11-20)15-4-1-3-14(13-15)17(21)7-6-16-5-2-12-22-16/h1-7,12-13,19-20H,8-11H2/b7-6+. The minimum Gasteiger partial charge on any atom is -0.465 e. The van der Waals surface area contributed by atoms with E-state index in [1.54, 1.807) is 42.7 Å². The number of nitrogens with zero attached hydrogens (tertiary/aromatic N) is 1. The number of furan rings is 1. The fraction of sp³-hybridized carbons (Fsp3) is 0.235. The molecule has 1 aromatic carbocycles. The van der Waals surface area contributed by atoms with E-state index in [4.69, 9.17) is 14.6 Å². The van der Waals surface area contributed by atoms with Crippen LogP contribution in [0.5, 0.6) is 0 Å². The van der Waals surface area contributed by atoms with Crippen LogP contribution in [0.4, 0.5) is 5.69 Å². The van der Waals surface area contributed by atoms with Gasteiger partial charge in [0.15, 0.2) is 5.78 Å². The normalized spacial score (nSPS) is 11.0. The molecule has 0 spiro atoms. The minimum absolute atomic E-state index is 0.0173. The first-order chi connectivity index (χ1) is 10.7. The Kier molecular flexibility index (Phi) is 5.94. The lowest BCUT2D eigenvalue weighted by Crippen LogP contribution is -2.29. The molecule has 5 nitrogen and oxygen atoms in total. The predicted octanol–water partition coefficient (Wildman–Crippen LogP) is 1.97. The van der Waals surface area contributed by atoms with Gasteiger partial charge in [0.2, 0.25) is 0 Å². The van der Waals surface area contributed by atoms with Gasteiger partial charge >= 0.3 is 0 Å². The molecule has 22 heavy (non-hydrogen) atoms. The topological polar surface area (TPSA) is 73.9 Å². The molecule has 2 rings (SSSR count). The minimum atomic E-state index is -0.133. The summed E-state index contributed by atoms with van der Waals surface area (Å²) in [6.45, 7) is 0.772. The molecule has 2 N–H and O–H groups in total. The number of hydrogen-bond donors (Lipinski definition) is 2. The lowest BCUT2D eigenvalue weighted by Gasteiger charge is -2.23. The molecule has 1 aromatic heterocycles. The molecule has 0 aliphatic heterocycles. The van der Waals surface area contributed by atoms with Crippen LogP contribution >= 0.6 is 0 Å². The summed E-state index contributed by atoms with van der Waals surface area (Å²) < 4.78 is 5.14. The lowest BCUT2D eigenvalue weighted by atomic mass is 10.1. The van der Waals surface area contributed by atoms with Crippen molar-refractivity contribution >= 4 is 17.5 Å². The summed E-state index contributed by atoms with van der Waals surface area (Å²) in [6, 6.07) is 10.6. The van der Waals surface area contributed by atoms with E-state index in [1.165, 1.54) is 6.08 Å². The number of ketones is 1. The fourth-order valence-electron chi connectivity index (χ4n) is 2.11. The van der Waals surface area contributed by atoms with Crippen LogP contribution in [-0.4, -0.2) is 42.3 Å². The highest BCUT2D eigenvalue weighted by molar-refractivity contribution is 6.07. The summed E-state index contributed by atoms with van der Waals surface area (Å²) in [4.78, 5) is 14.0. The second-order valence-electron chi connectivity index (χ2n) is 4.70. The van der Waals surface area contributed by atoms with Crippen molar-refractivity contribution in [2.45, 2.75) is 0 Å². The molecule has 0 amide bonds. The van der Waals surface area contributed by atoms with Crippen molar-refractivity contribution in [2.24, 2.45) is 0 Å². The van der Waals surface area contributed by atoms with Gasteiger partial charge in [0, 0.05) is 24.3 Å². The number of hydrogen-bond acceptors (Lipinski definition) is 5. The van der Waals surface area contributed by atoms with E-state index in [0.29, 0.717) is 24.4 Å². The van der Waals surface area contributed by atoms with Crippen molar-refractivity contribution in [3.8, 4) is 0 Å². The quantitative estimate of drug-likeness (QED) is 0.576. The summed E-state index contributed by atoms with van der Waals surface area (Å²) in [6.07, 6.45) is 4.63. The molecule has 0 aliphatic rings. The predicted molar refractivity (Wildman–Crippen MR) is 84.9 cm³/mol. The molecule has 0 aliphatic carbocycles. The van der Waals surface area contributed by atoms with Crippen molar-refractivity contribution in [1.29, 1.82) is 0 Å². The molecule has 1 heterocycles.